The predicted molar refractivity (Wildman–Crippen MR) is 91.0 cm³/mol. The minimum Gasteiger partial charge on any atom is -0.480 e. The maximum absolute atomic E-state index is 11.7. The molecule has 5 nitrogen and oxygen atoms in total. The topological polar surface area (TPSA) is 57.8 Å². The average Bonchev–Trinajstić information content (AvgIpc) is 2.95. The van der Waals surface area contributed by atoms with Crippen LogP contribution in [0.1, 0.15) is 16.8 Å². The highest BCUT2D eigenvalue weighted by Gasteiger charge is 2.31. The molecule has 1 atom stereocenters. The summed E-state index contributed by atoms with van der Waals surface area (Å²) in [5.41, 5.74) is 3.94. The third-order valence-corrected chi connectivity index (χ3v) is 4.68. The van der Waals surface area contributed by atoms with Crippen LogP contribution in [0.3, 0.4) is 0 Å². The van der Waals surface area contributed by atoms with Gasteiger partial charge in [-0.25, -0.2) is 4.98 Å². The molecule has 1 aromatic carbocycles. The van der Waals surface area contributed by atoms with E-state index < -0.39 is 12.0 Å². The van der Waals surface area contributed by atoms with Gasteiger partial charge in [0.15, 0.2) is 0 Å². The quantitative estimate of drug-likeness (QED) is 0.795. The molecule has 1 unspecified atom stereocenters. The molecule has 1 aliphatic heterocycles. The van der Waals surface area contributed by atoms with Crippen LogP contribution < -0.4 is 0 Å². The highest BCUT2D eigenvalue weighted by Crippen LogP contribution is 2.25. The zero-order chi connectivity index (χ0) is 16.7. The van der Waals surface area contributed by atoms with Gasteiger partial charge < -0.3 is 9.51 Å². The summed E-state index contributed by atoms with van der Waals surface area (Å²) >= 11 is 6.00. The predicted octanol–water partition coefficient (Wildman–Crippen LogP) is 3.00. The molecular formula is C18H16ClN3O2. The zero-order valence-electron chi connectivity index (χ0n) is 12.9. The largest absolute Gasteiger partial charge is 0.480 e. The van der Waals surface area contributed by atoms with Gasteiger partial charge in [0.25, 0.3) is 0 Å². The Bertz CT molecular complexity index is 922. The number of halogens is 1. The van der Waals surface area contributed by atoms with Crippen LogP contribution in [0.15, 0.2) is 48.8 Å². The number of aromatic nitrogens is 2. The van der Waals surface area contributed by atoms with Crippen LogP contribution >= 0.6 is 11.6 Å². The van der Waals surface area contributed by atoms with Crippen molar-refractivity contribution in [3.8, 4) is 0 Å². The van der Waals surface area contributed by atoms with E-state index in [2.05, 4.69) is 11.1 Å². The van der Waals surface area contributed by atoms with E-state index in [4.69, 9.17) is 11.6 Å². The molecule has 0 amide bonds. The molecule has 0 spiro atoms. The first-order chi connectivity index (χ1) is 11.6. The summed E-state index contributed by atoms with van der Waals surface area (Å²) in [6.07, 6.45) is 4.22. The van der Waals surface area contributed by atoms with Gasteiger partial charge in [-0.1, -0.05) is 35.9 Å². The van der Waals surface area contributed by atoms with E-state index in [-0.39, 0.29) is 0 Å². The molecule has 1 N–H and O–H groups in total. The molecule has 122 valence electrons. The first kappa shape index (κ1) is 15.2. The molecule has 0 radical (unpaired) electrons. The fourth-order valence-corrected chi connectivity index (χ4v) is 3.46. The lowest BCUT2D eigenvalue weighted by Crippen LogP contribution is -2.45. The summed E-state index contributed by atoms with van der Waals surface area (Å²) in [7, 11) is 0. The number of aliphatic carboxylic acids is 1. The molecule has 0 aliphatic carbocycles. The maximum atomic E-state index is 11.7. The Labute approximate surface area is 144 Å². The van der Waals surface area contributed by atoms with Gasteiger partial charge in [-0.2, -0.15) is 0 Å². The number of imidazole rings is 1. The third kappa shape index (κ3) is 2.77. The number of hydrogen-bond acceptors (Lipinski definition) is 3. The summed E-state index contributed by atoms with van der Waals surface area (Å²) in [5.74, 6) is -0.795. The number of nitrogens with zero attached hydrogens (tertiary/aromatic N) is 3. The van der Waals surface area contributed by atoms with Crippen molar-refractivity contribution in [2.24, 2.45) is 0 Å². The number of hydrogen-bond donors (Lipinski definition) is 1. The van der Waals surface area contributed by atoms with Crippen molar-refractivity contribution in [2.45, 2.75) is 25.6 Å². The standard InChI is InChI=1S/C18H16ClN3O2/c19-14-5-6-17-20-15(11-22(17)9-14)10-21-8-13-4-2-1-3-12(13)7-16(21)18(23)24/h1-6,9,11,16H,7-8,10H2,(H,23,24). The Balaban J connectivity index is 1.64. The van der Waals surface area contributed by atoms with Gasteiger partial charge in [-0.3, -0.25) is 9.69 Å². The van der Waals surface area contributed by atoms with Gasteiger partial charge in [0.05, 0.1) is 10.7 Å². The molecule has 0 saturated carbocycles. The van der Waals surface area contributed by atoms with Crippen molar-refractivity contribution in [1.29, 1.82) is 0 Å². The highest BCUT2D eigenvalue weighted by atomic mass is 35.5. The van der Waals surface area contributed by atoms with Gasteiger partial charge >= 0.3 is 5.97 Å². The van der Waals surface area contributed by atoms with Crippen molar-refractivity contribution in [3.63, 3.8) is 0 Å². The van der Waals surface area contributed by atoms with E-state index in [9.17, 15) is 9.90 Å². The van der Waals surface area contributed by atoms with Crippen molar-refractivity contribution in [3.05, 3.63) is 70.6 Å². The van der Waals surface area contributed by atoms with Crippen molar-refractivity contribution >= 4 is 23.2 Å². The molecule has 2 aromatic heterocycles. The Morgan fingerprint density at radius 3 is 2.79 bits per heavy atom. The van der Waals surface area contributed by atoms with E-state index in [0.717, 1.165) is 16.9 Å². The van der Waals surface area contributed by atoms with Crippen LogP contribution in [0.2, 0.25) is 5.02 Å². The van der Waals surface area contributed by atoms with Crippen LogP contribution in [-0.2, 0) is 24.3 Å². The molecule has 3 heterocycles. The van der Waals surface area contributed by atoms with Crippen molar-refractivity contribution in [2.75, 3.05) is 0 Å². The minimum absolute atomic E-state index is 0.491. The number of fused-ring (bicyclic) bond motifs is 2. The summed E-state index contributed by atoms with van der Waals surface area (Å²) in [6.45, 7) is 1.10. The number of pyridine rings is 1. The Morgan fingerprint density at radius 1 is 1.21 bits per heavy atom. The smallest absolute Gasteiger partial charge is 0.321 e. The molecule has 1 aliphatic rings. The van der Waals surface area contributed by atoms with E-state index >= 15 is 0 Å². The van der Waals surface area contributed by atoms with Gasteiger partial charge in [0, 0.05) is 25.5 Å². The number of carboxylic acid groups (broad SMARTS) is 1. The van der Waals surface area contributed by atoms with Gasteiger partial charge in [0.1, 0.15) is 11.7 Å². The molecule has 4 rings (SSSR count). The molecule has 0 fully saturated rings. The van der Waals surface area contributed by atoms with Crippen molar-refractivity contribution < 1.29 is 9.90 Å². The summed E-state index contributed by atoms with van der Waals surface area (Å²) in [6, 6.07) is 11.1. The van der Waals surface area contributed by atoms with Gasteiger partial charge in [-0.15, -0.1) is 0 Å². The number of rotatable bonds is 3. The Kier molecular flexibility index (Phi) is 3.75. The van der Waals surface area contributed by atoms with E-state index in [1.165, 1.54) is 5.56 Å². The fourth-order valence-electron chi connectivity index (χ4n) is 3.29. The zero-order valence-corrected chi connectivity index (χ0v) is 13.6. The SMILES string of the molecule is O=C(O)C1Cc2ccccc2CN1Cc1cn2cc(Cl)ccc2n1. The first-order valence-electron chi connectivity index (χ1n) is 7.77. The number of carbonyl (C=O) groups is 1. The average molecular weight is 342 g/mol. The second-order valence-corrected chi connectivity index (χ2v) is 6.51. The molecule has 3 aromatic rings. The van der Waals surface area contributed by atoms with Crippen LogP contribution in [-0.4, -0.2) is 31.4 Å². The number of benzene rings is 1. The normalized spacial score (nSPS) is 17.8. The lowest BCUT2D eigenvalue weighted by molar-refractivity contribution is -0.144. The summed E-state index contributed by atoms with van der Waals surface area (Å²) in [5, 5.41) is 10.2. The monoisotopic (exact) mass is 341 g/mol. The van der Waals surface area contributed by atoms with E-state index in [1.54, 1.807) is 12.3 Å². The van der Waals surface area contributed by atoms with Gasteiger partial charge in [0.2, 0.25) is 0 Å². The molecule has 0 saturated heterocycles. The lowest BCUT2D eigenvalue weighted by Gasteiger charge is -2.33. The summed E-state index contributed by atoms with van der Waals surface area (Å²) < 4.78 is 1.87. The maximum Gasteiger partial charge on any atom is 0.321 e. The van der Waals surface area contributed by atoms with Crippen molar-refractivity contribution in [1.82, 2.24) is 14.3 Å². The molecule has 24 heavy (non-hydrogen) atoms. The van der Waals surface area contributed by atoms with Gasteiger partial charge in [-0.05, 0) is 29.7 Å². The highest BCUT2D eigenvalue weighted by molar-refractivity contribution is 6.30. The lowest BCUT2D eigenvalue weighted by atomic mass is 9.94. The first-order valence-corrected chi connectivity index (χ1v) is 8.15. The molecular weight excluding hydrogens is 326 g/mol. The third-order valence-electron chi connectivity index (χ3n) is 4.46. The number of carboxylic acids is 1. The van der Waals surface area contributed by atoms with Crippen LogP contribution in [0.4, 0.5) is 0 Å². The molecule has 0 bridgehead atoms. The Morgan fingerprint density at radius 2 is 2.00 bits per heavy atom. The van der Waals surface area contributed by atoms with Crippen LogP contribution in [0, 0.1) is 0 Å². The fraction of sp³-hybridized carbons (Fsp3) is 0.222. The van der Waals surface area contributed by atoms with E-state index in [1.807, 2.05) is 39.8 Å². The second kappa shape index (κ2) is 5.92. The minimum atomic E-state index is -0.795. The van der Waals surface area contributed by atoms with Crippen LogP contribution in [0.25, 0.3) is 5.65 Å². The van der Waals surface area contributed by atoms with Crippen LogP contribution in [0.5, 0.6) is 0 Å². The van der Waals surface area contributed by atoms with E-state index in [0.29, 0.717) is 24.5 Å². The Hall–Kier alpha value is -2.37. The molecule has 6 heteroatoms. The summed E-state index contributed by atoms with van der Waals surface area (Å²) in [4.78, 5) is 18.2. The second-order valence-electron chi connectivity index (χ2n) is 6.08.